The molecule has 3 aromatic rings. The van der Waals surface area contributed by atoms with E-state index in [1.165, 1.54) is 25.4 Å². The van der Waals surface area contributed by atoms with Crippen molar-refractivity contribution >= 4 is 12.0 Å². The fraction of sp³-hybridized carbons (Fsp3) is 0.350. The Hall–Kier alpha value is -3.97. The van der Waals surface area contributed by atoms with Crippen LogP contribution in [0.25, 0.3) is 0 Å². The SMILES string of the molecule is CC(O)[C@H](NC(=O)N[C@@H](Cc1ccc(O)cc1)C(=O)O)c1nc(C(N)Cc2cnc[nH]2)no1. The summed E-state index contributed by atoms with van der Waals surface area (Å²) in [5, 5.41) is 37.6. The molecule has 1 aromatic carbocycles. The van der Waals surface area contributed by atoms with Crippen molar-refractivity contribution in [2.75, 3.05) is 0 Å². The van der Waals surface area contributed by atoms with Crippen molar-refractivity contribution in [2.24, 2.45) is 5.73 Å². The molecule has 0 radical (unpaired) electrons. The summed E-state index contributed by atoms with van der Waals surface area (Å²) in [6.07, 6.45) is 2.34. The number of imidazole rings is 1. The zero-order valence-corrected chi connectivity index (χ0v) is 17.7. The molecule has 2 amide bonds. The summed E-state index contributed by atoms with van der Waals surface area (Å²) in [4.78, 5) is 35.1. The number of aliphatic hydroxyl groups excluding tert-OH is 1. The van der Waals surface area contributed by atoms with Crippen LogP contribution in [0.3, 0.4) is 0 Å². The summed E-state index contributed by atoms with van der Waals surface area (Å²) in [7, 11) is 0. The third kappa shape index (κ3) is 6.51. The lowest BCUT2D eigenvalue weighted by molar-refractivity contribution is -0.139. The fourth-order valence-electron chi connectivity index (χ4n) is 3.05. The summed E-state index contributed by atoms with van der Waals surface area (Å²) < 4.78 is 5.18. The number of carbonyl (C=O) groups excluding carboxylic acids is 1. The molecule has 0 aliphatic rings. The van der Waals surface area contributed by atoms with Gasteiger partial charge in [0.2, 0.25) is 0 Å². The Bertz CT molecular complexity index is 1050. The number of benzene rings is 1. The van der Waals surface area contributed by atoms with Crippen LogP contribution in [0.5, 0.6) is 5.75 Å². The first-order valence-corrected chi connectivity index (χ1v) is 10.0. The number of aromatic amines is 1. The van der Waals surface area contributed by atoms with Gasteiger partial charge in [0.05, 0.1) is 18.5 Å². The number of H-pyrrole nitrogens is 1. The van der Waals surface area contributed by atoms with Crippen LogP contribution in [0.2, 0.25) is 0 Å². The van der Waals surface area contributed by atoms with E-state index in [9.17, 15) is 24.9 Å². The van der Waals surface area contributed by atoms with Crippen molar-refractivity contribution in [3.8, 4) is 5.75 Å². The van der Waals surface area contributed by atoms with Gasteiger partial charge in [0.15, 0.2) is 5.82 Å². The van der Waals surface area contributed by atoms with Gasteiger partial charge in [-0.25, -0.2) is 14.6 Å². The second-order valence-corrected chi connectivity index (χ2v) is 7.48. The molecule has 176 valence electrons. The Morgan fingerprint density at radius 2 is 1.94 bits per heavy atom. The monoisotopic (exact) mass is 459 g/mol. The fourth-order valence-corrected chi connectivity index (χ4v) is 3.05. The number of aliphatic hydroxyl groups is 1. The number of aromatic nitrogens is 4. The number of carbonyl (C=O) groups is 2. The van der Waals surface area contributed by atoms with Gasteiger partial charge in [-0.2, -0.15) is 4.98 Å². The number of amides is 2. The van der Waals surface area contributed by atoms with E-state index in [1.807, 2.05) is 0 Å². The highest BCUT2D eigenvalue weighted by molar-refractivity contribution is 5.83. The maximum Gasteiger partial charge on any atom is 0.326 e. The van der Waals surface area contributed by atoms with Gasteiger partial charge in [-0.15, -0.1) is 0 Å². The standard InChI is InChI=1S/C20H25N7O6/c1-10(28)16(18-26-17(27-33-18)14(21)7-12-8-22-9-23-12)25-20(32)24-15(19(30)31)6-11-2-4-13(29)5-3-11/h2-5,8-10,14-16,28-29H,6-7,21H2,1H3,(H,22,23)(H,30,31)(H2,24,25,32)/t10?,14?,15-,16-/m0/s1. The van der Waals surface area contributed by atoms with Gasteiger partial charge < -0.3 is 41.2 Å². The number of nitrogens with one attached hydrogen (secondary N) is 3. The number of aliphatic carboxylic acids is 1. The minimum Gasteiger partial charge on any atom is -0.508 e. The van der Waals surface area contributed by atoms with Gasteiger partial charge in [-0.3, -0.25) is 0 Å². The number of hydrogen-bond acceptors (Lipinski definition) is 9. The van der Waals surface area contributed by atoms with Gasteiger partial charge in [0, 0.05) is 24.7 Å². The van der Waals surface area contributed by atoms with Crippen LogP contribution in [0.4, 0.5) is 4.79 Å². The van der Waals surface area contributed by atoms with E-state index in [2.05, 4.69) is 30.7 Å². The topological polar surface area (TPSA) is 213 Å². The van der Waals surface area contributed by atoms with Crippen molar-refractivity contribution < 1.29 is 29.4 Å². The van der Waals surface area contributed by atoms with Crippen LogP contribution < -0.4 is 16.4 Å². The lowest BCUT2D eigenvalue weighted by atomic mass is 10.1. The van der Waals surface area contributed by atoms with E-state index in [4.69, 9.17) is 10.3 Å². The average Bonchev–Trinajstić information content (AvgIpc) is 3.45. The number of carboxylic acid groups (broad SMARTS) is 1. The molecule has 0 aliphatic carbocycles. The van der Waals surface area contributed by atoms with E-state index >= 15 is 0 Å². The molecule has 2 unspecified atom stereocenters. The molecule has 33 heavy (non-hydrogen) atoms. The van der Waals surface area contributed by atoms with Crippen molar-refractivity contribution in [1.29, 1.82) is 0 Å². The average molecular weight is 459 g/mol. The number of phenolic OH excluding ortho intramolecular Hbond substituents is 1. The van der Waals surface area contributed by atoms with Gasteiger partial charge in [0.25, 0.3) is 5.89 Å². The van der Waals surface area contributed by atoms with E-state index in [1.54, 1.807) is 18.3 Å². The predicted octanol–water partition coefficient (Wildman–Crippen LogP) is 0.158. The summed E-state index contributed by atoms with van der Waals surface area (Å²) in [6.45, 7) is 1.41. The highest BCUT2D eigenvalue weighted by Crippen LogP contribution is 2.19. The van der Waals surface area contributed by atoms with Gasteiger partial charge in [-0.05, 0) is 24.6 Å². The third-order valence-corrected chi connectivity index (χ3v) is 4.80. The lowest BCUT2D eigenvalue weighted by Crippen LogP contribution is -2.49. The number of aromatic hydroxyl groups is 1. The minimum atomic E-state index is -1.26. The van der Waals surface area contributed by atoms with E-state index < -0.39 is 36.2 Å². The number of hydrogen-bond donors (Lipinski definition) is 7. The minimum absolute atomic E-state index is 0.0183. The molecular weight excluding hydrogens is 434 g/mol. The van der Waals surface area contributed by atoms with Gasteiger partial charge >= 0.3 is 12.0 Å². The molecule has 4 atom stereocenters. The number of carboxylic acids is 1. The first-order valence-electron chi connectivity index (χ1n) is 10.0. The highest BCUT2D eigenvalue weighted by Gasteiger charge is 2.29. The summed E-state index contributed by atoms with van der Waals surface area (Å²) in [5.74, 6) is -1.13. The molecule has 2 aromatic heterocycles. The van der Waals surface area contributed by atoms with Crippen LogP contribution in [0.1, 0.15) is 42.0 Å². The van der Waals surface area contributed by atoms with Crippen molar-refractivity contribution in [3.63, 3.8) is 0 Å². The molecule has 13 heteroatoms. The van der Waals surface area contributed by atoms with Crippen molar-refractivity contribution in [1.82, 2.24) is 30.7 Å². The molecular formula is C20H25N7O6. The number of phenols is 1. The Morgan fingerprint density at radius 1 is 1.21 bits per heavy atom. The molecule has 2 heterocycles. The normalized spacial score (nSPS) is 14.8. The molecule has 0 aliphatic heterocycles. The Kier molecular flexibility index (Phi) is 7.58. The Labute approximate surface area is 188 Å². The summed E-state index contributed by atoms with van der Waals surface area (Å²) >= 11 is 0. The van der Waals surface area contributed by atoms with Gasteiger partial charge in [0.1, 0.15) is 17.8 Å². The van der Waals surface area contributed by atoms with Crippen LogP contribution in [0, 0.1) is 0 Å². The maximum atomic E-state index is 12.5. The molecule has 0 saturated heterocycles. The zero-order chi connectivity index (χ0) is 24.0. The van der Waals surface area contributed by atoms with Gasteiger partial charge in [-0.1, -0.05) is 17.3 Å². The first-order chi connectivity index (χ1) is 15.7. The molecule has 0 spiro atoms. The molecule has 3 rings (SSSR count). The maximum absolute atomic E-state index is 12.5. The first kappa shape index (κ1) is 23.7. The summed E-state index contributed by atoms with van der Waals surface area (Å²) in [5.41, 5.74) is 7.45. The van der Waals surface area contributed by atoms with Crippen molar-refractivity contribution in [2.45, 2.75) is 44.0 Å². The van der Waals surface area contributed by atoms with E-state index in [0.29, 0.717) is 12.0 Å². The predicted molar refractivity (Wildman–Crippen MR) is 113 cm³/mol. The lowest BCUT2D eigenvalue weighted by Gasteiger charge is -2.20. The quantitative estimate of drug-likeness (QED) is 0.218. The molecule has 0 saturated carbocycles. The van der Waals surface area contributed by atoms with Crippen LogP contribution in [0.15, 0.2) is 41.3 Å². The largest absolute Gasteiger partial charge is 0.508 e. The van der Waals surface area contributed by atoms with E-state index in [-0.39, 0.29) is 23.9 Å². The van der Waals surface area contributed by atoms with Crippen LogP contribution >= 0.6 is 0 Å². The molecule has 13 nitrogen and oxygen atoms in total. The Morgan fingerprint density at radius 3 is 2.55 bits per heavy atom. The number of urea groups is 1. The number of rotatable bonds is 10. The van der Waals surface area contributed by atoms with Crippen molar-refractivity contribution in [3.05, 3.63) is 59.8 Å². The smallest absolute Gasteiger partial charge is 0.326 e. The second-order valence-electron chi connectivity index (χ2n) is 7.48. The summed E-state index contributed by atoms with van der Waals surface area (Å²) in [6, 6.07) is 2.11. The van der Waals surface area contributed by atoms with Crippen LogP contribution in [-0.4, -0.2) is 59.6 Å². The second kappa shape index (κ2) is 10.6. The third-order valence-electron chi connectivity index (χ3n) is 4.80. The molecule has 0 bridgehead atoms. The molecule has 0 fully saturated rings. The number of nitrogens with zero attached hydrogens (tertiary/aromatic N) is 3. The Balaban J connectivity index is 1.64. The zero-order valence-electron chi connectivity index (χ0n) is 17.7. The van der Waals surface area contributed by atoms with E-state index in [0.717, 1.165) is 5.69 Å². The highest BCUT2D eigenvalue weighted by atomic mass is 16.5. The van der Waals surface area contributed by atoms with Crippen LogP contribution in [-0.2, 0) is 17.6 Å². The number of nitrogens with two attached hydrogens (primary N) is 1. The molecule has 8 N–H and O–H groups in total.